The van der Waals surface area contributed by atoms with Gasteiger partial charge in [-0.05, 0) is 30.9 Å². The molecule has 0 aliphatic carbocycles. The molecule has 0 amide bonds. The summed E-state index contributed by atoms with van der Waals surface area (Å²) in [7, 11) is 0. The maximum absolute atomic E-state index is 5.47. The minimum absolute atomic E-state index is 0.410. The highest BCUT2D eigenvalue weighted by Gasteiger charge is 2.13. The first kappa shape index (κ1) is 15.8. The maximum Gasteiger partial charge on any atom is 0.0555 e. The number of hydrogen-bond donors (Lipinski definition) is 1. The first-order valence-corrected chi connectivity index (χ1v) is 8.12. The third kappa shape index (κ3) is 4.71. The second kappa shape index (κ2) is 7.99. The van der Waals surface area contributed by atoms with Gasteiger partial charge in [-0.25, -0.2) is 0 Å². The third-order valence-corrected chi connectivity index (χ3v) is 4.28. The van der Waals surface area contributed by atoms with Gasteiger partial charge in [-0.15, -0.1) is 11.3 Å². The molecule has 2 N–H and O–H groups in total. The molecular formula is C18H22N2S. The van der Waals surface area contributed by atoms with Crippen LogP contribution in [0, 0.1) is 11.8 Å². The molecule has 3 heteroatoms. The molecule has 0 fully saturated rings. The number of hydrogen-bond acceptors (Lipinski definition) is 3. The van der Waals surface area contributed by atoms with E-state index in [1.165, 1.54) is 10.4 Å². The van der Waals surface area contributed by atoms with Crippen LogP contribution in [-0.2, 0) is 13.1 Å². The molecule has 110 valence electrons. The second-order valence-corrected chi connectivity index (χ2v) is 6.25. The lowest BCUT2D eigenvalue weighted by molar-refractivity contribution is 0.205. The molecule has 1 heterocycles. The van der Waals surface area contributed by atoms with Crippen LogP contribution in [0.15, 0.2) is 41.8 Å². The molecule has 0 saturated heterocycles. The largest absolute Gasteiger partial charge is 0.320 e. The van der Waals surface area contributed by atoms with Crippen LogP contribution < -0.4 is 5.73 Å². The summed E-state index contributed by atoms with van der Waals surface area (Å²) in [5, 5.41) is 2.11. The number of nitrogens with zero attached hydrogens (tertiary/aromatic N) is 1. The van der Waals surface area contributed by atoms with Crippen molar-refractivity contribution in [2.75, 3.05) is 6.54 Å². The van der Waals surface area contributed by atoms with E-state index in [0.29, 0.717) is 12.6 Å². The number of rotatable bonds is 5. The summed E-state index contributed by atoms with van der Waals surface area (Å²) in [6.45, 7) is 6.77. The van der Waals surface area contributed by atoms with E-state index < -0.39 is 0 Å². The molecule has 0 unspecified atom stereocenters. The fourth-order valence-corrected chi connectivity index (χ4v) is 3.00. The molecule has 0 aliphatic rings. The van der Waals surface area contributed by atoms with E-state index in [0.717, 1.165) is 18.7 Å². The Bertz CT molecular complexity index is 605. The predicted octanol–water partition coefficient (Wildman–Crippen LogP) is 3.47. The van der Waals surface area contributed by atoms with Crippen molar-refractivity contribution in [3.8, 4) is 11.8 Å². The predicted molar refractivity (Wildman–Crippen MR) is 91.1 cm³/mol. The Balaban J connectivity index is 2.12. The zero-order valence-corrected chi connectivity index (χ0v) is 13.5. The molecule has 0 bridgehead atoms. The Morgan fingerprint density at radius 2 is 1.90 bits per heavy atom. The van der Waals surface area contributed by atoms with E-state index in [9.17, 15) is 0 Å². The zero-order chi connectivity index (χ0) is 15.1. The SMILES string of the molecule is CC(C)N(Cc1ccccc1)Cc1sccc1C#CCN. The van der Waals surface area contributed by atoms with Gasteiger partial charge >= 0.3 is 0 Å². The summed E-state index contributed by atoms with van der Waals surface area (Å²) in [4.78, 5) is 3.79. The fraction of sp³-hybridized carbons (Fsp3) is 0.333. The highest BCUT2D eigenvalue weighted by molar-refractivity contribution is 7.10. The summed E-state index contributed by atoms with van der Waals surface area (Å²) < 4.78 is 0. The minimum atomic E-state index is 0.410. The monoisotopic (exact) mass is 298 g/mol. The molecule has 0 saturated carbocycles. The molecule has 0 aliphatic heterocycles. The quantitative estimate of drug-likeness (QED) is 0.857. The Hall–Kier alpha value is -1.60. The van der Waals surface area contributed by atoms with E-state index in [1.54, 1.807) is 11.3 Å². The molecule has 0 spiro atoms. The number of nitrogens with two attached hydrogens (primary N) is 1. The van der Waals surface area contributed by atoms with E-state index in [2.05, 4.69) is 72.4 Å². The van der Waals surface area contributed by atoms with Gasteiger partial charge in [0.05, 0.1) is 6.54 Å². The van der Waals surface area contributed by atoms with Crippen molar-refractivity contribution < 1.29 is 0 Å². The summed E-state index contributed by atoms with van der Waals surface area (Å²) in [5.74, 6) is 6.12. The molecule has 21 heavy (non-hydrogen) atoms. The number of thiophene rings is 1. The van der Waals surface area contributed by atoms with E-state index in [-0.39, 0.29) is 0 Å². The Kier molecular flexibility index (Phi) is 6.01. The van der Waals surface area contributed by atoms with Gasteiger partial charge in [0.1, 0.15) is 0 Å². The van der Waals surface area contributed by atoms with Gasteiger partial charge in [-0.1, -0.05) is 42.2 Å². The standard InChI is InChI=1S/C18H22N2S/c1-15(2)20(13-16-7-4-3-5-8-16)14-18-17(9-6-11-19)10-12-21-18/h3-5,7-8,10,12,15H,11,13-14,19H2,1-2H3. The summed E-state index contributed by atoms with van der Waals surface area (Å²) in [6.07, 6.45) is 0. The fourth-order valence-electron chi connectivity index (χ4n) is 2.14. The maximum atomic E-state index is 5.47. The lowest BCUT2D eigenvalue weighted by Gasteiger charge is -2.26. The molecule has 1 aromatic heterocycles. The molecule has 0 atom stereocenters. The molecule has 0 radical (unpaired) electrons. The van der Waals surface area contributed by atoms with Crippen LogP contribution in [0.2, 0.25) is 0 Å². The minimum Gasteiger partial charge on any atom is -0.320 e. The number of benzene rings is 1. The van der Waals surface area contributed by atoms with Crippen LogP contribution in [0.3, 0.4) is 0 Å². The summed E-state index contributed by atoms with van der Waals surface area (Å²) >= 11 is 1.77. The van der Waals surface area contributed by atoms with Crippen molar-refractivity contribution in [3.63, 3.8) is 0 Å². The van der Waals surface area contributed by atoms with Crippen LogP contribution in [0.4, 0.5) is 0 Å². The van der Waals surface area contributed by atoms with Gasteiger partial charge in [0.15, 0.2) is 0 Å². The highest BCUT2D eigenvalue weighted by atomic mass is 32.1. The Morgan fingerprint density at radius 3 is 2.57 bits per heavy atom. The van der Waals surface area contributed by atoms with Crippen molar-refractivity contribution in [2.24, 2.45) is 5.73 Å². The van der Waals surface area contributed by atoms with Gasteiger partial charge in [-0.3, -0.25) is 4.90 Å². The van der Waals surface area contributed by atoms with Crippen LogP contribution in [0.25, 0.3) is 0 Å². The molecule has 2 nitrogen and oxygen atoms in total. The van der Waals surface area contributed by atoms with E-state index >= 15 is 0 Å². The molecule has 2 rings (SSSR count). The van der Waals surface area contributed by atoms with Crippen molar-refractivity contribution >= 4 is 11.3 Å². The van der Waals surface area contributed by atoms with Gasteiger partial charge in [0.25, 0.3) is 0 Å². The second-order valence-electron chi connectivity index (χ2n) is 5.25. The van der Waals surface area contributed by atoms with Gasteiger partial charge in [0.2, 0.25) is 0 Å². The first-order valence-electron chi connectivity index (χ1n) is 7.24. The van der Waals surface area contributed by atoms with Crippen molar-refractivity contribution in [3.05, 3.63) is 57.8 Å². The Labute approximate surface area is 131 Å². The van der Waals surface area contributed by atoms with Gasteiger partial charge < -0.3 is 5.73 Å². The smallest absolute Gasteiger partial charge is 0.0555 e. The lowest BCUT2D eigenvalue weighted by Crippen LogP contribution is -2.29. The lowest BCUT2D eigenvalue weighted by atomic mass is 10.1. The van der Waals surface area contributed by atoms with Crippen LogP contribution >= 0.6 is 11.3 Å². The zero-order valence-electron chi connectivity index (χ0n) is 12.7. The molecule has 1 aromatic carbocycles. The van der Waals surface area contributed by atoms with Crippen molar-refractivity contribution in [1.29, 1.82) is 0 Å². The van der Waals surface area contributed by atoms with Crippen LogP contribution in [0.5, 0.6) is 0 Å². The van der Waals surface area contributed by atoms with Crippen molar-refractivity contribution in [2.45, 2.75) is 33.0 Å². The average Bonchev–Trinajstić information content (AvgIpc) is 2.92. The molecule has 2 aromatic rings. The van der Waals surface area contributed by atoms with Gasteiger partial charge in [0, 0.05) is 29.6 Å². The average molecular weight is 298 g/mol. The third-order valence-electron chi connectivity index (χ3n) is 3.38. The normalized spacial score (nSPS) is 10.7. The van der Waals surface area contributed by atoms with E-state index in [4.69, 9.17) is 5.73 Å². The van der Waals surface area contributed by atoms with E-state index in [1.807, 2.05) is 0 Å². The van der Waals surface area contributed by atoms with Crippen molar-refractivity contribution in [1.82, 2.24) is 4.90 Å². The molecular weight excluding hydrogens is 276 g/mol. The highest BCUT2D eigenvalue weighted by Crippen LogP contribution is 2.20. The van der Waals surface area contributed by atoms with Crippen LogP contribution in [0.1, 0.15) is 29.9 Å². The first-order chi connectivity index (χ1) is 10.2. The topological polar surface area (TPSA) is 29.3 Å². The van der Waals surface area contributed by atoms with Crippen LogP contribution in [-0.4, -0.2) is 17.5 Å². The summed E-state index contributed by atoms with van der Waals surface area (Å²) in [6, 6.07) is 13.2. The Morgan fingerprint density at radius 1 is 1.14 bits per heavy atom. The summed E-state index contributed by atoms with van der Waals surface area (Å²) in [5.41, 5.74) is 7.93. The van der Waals surface area contributed by atoms with Gasteiger partial charge in [-0.2, -0.15) is 0 Å².